The lowest BCUT2D eigenvalue weighted by Crippen LogP contribution is -2.38. The molecule has 4 heteroatoms. The molecule has 0 aromatic heterocycles. The van der Waals surface area contributed by atoms with E-state index in [0.717, 1.165) is 6.42 Å². The second-order valence-corrected chi connectivity index (χ2v) is 6.39. The number of carbonyl (C=O) groups excluding carboxylic acids is 1. The molecule has 4 nitrogen and oxygen atoms in total. The quantitative estimate of drug-likeness (QED) is 0.895. The number of carboxylic acids is 1. The van der Waals surface area contributed by atoms with Gasteiger partial charge in [-0.3, -0.25) is 9.59 Å². The molecule has 1 aliphatic carbocycles. The number of hydrogen-bond acceptors (Lipinski definition) is 2. The Morgan fingerprint density at radius 3 is 2.45 bits per heavy atom. The van der Waals surface area contributed by atoms with Crippen LogP contribution in [0.4, 0.5) is 0 Å². The molecule has 20 heavy (non-hydrogen) atoms. The highest BCUT2D eigenvalue weighted by Crippen LogP contribution is 2.59. The van der Waals surface area contributed by atoms with Crippen LogP contribution in [-0.2, 0) is 22.6 Å². The Morgan fingerprint density at radius 1 is 1.20 bits per heavy atom. The molecule has 0 unspecified atom stereocenters. The highest BCUT2D eigenvalue weighted by Gasteiger charge is 2.66. The fraction of sp³-hybridized carbons (Fsp3) is 0.500. The van der Waals surface area contributed by atoms with Gasteiger partial charge in [0.15, 0.2) is 0 Å². The summed E-state index contributed by atoms with van der Waals surface area (Å²) in [6, 6.07) is 8.13. The molecule has 0 saturated heterocycles. The number of nitrogens with zero attached hydrogens (tertiary/aromatic N) is 1. The molecule has 1 amide bonds. The Labute approximate surface area is 118 Å². The minimum absolute atomic E-state index is 0.00287. The lowest BCUT2D eigenvalue weighted by Gasteiger charge is -2.29. The second-order valence-electron chi connectivity index (χ2n) is 6.39. The van der Waals surface area contributed by atoms with E-state index in [-0.39, 0.29) is 11.8 Å². The first-order valence-electron chi connectivity index (χ1n) is 7.01. The van der Waals surface area contributed by atoms with Gasteiger partial charge in [-0.2, -0.15) is 0 Å². The number of hydrogen-bond donors (Lipinski definition) is 1. The van der Waals surface area contributed by atoms with E-state index in [4.69, 9.17) is 0 Å². The molecule has 2 aliphatic rings. The molecule has 1 heterocycles. The number of rotatable bonds is 2. The van der Waals surface area contributed by atoms with Gasteiger partial charge in [0.25, 0.3) is 0 Å². The van der Waals surface area contributed by atoms with Crippen molar-refractivity contribution in [2.24, 2.45) is 17.3 Å². The summed E-state index contributed by atoms with van der Waals surface area (Å²) in [5.41, 5.74) is 2.05. The zero-order valence-corrected chi connectivity index (χ0v) is 11.8. The van der Waals surface area contributed by atoms with Crippen molar-refractivity contribution < 1.29 is 14.7 Å². The smallest absolute Gasteiger partial charge is 0.307 e. The number of aliphatic carboxylic acids is 1. The average Bonchev–Trinajstić information content (AvgIpc) is 3.00. The van der Waals surface area contributed by atoms with Crippen LogP contribution in [-0.4, -0.2) is 28.4 Å². The molecule has 0 bridgehead atoms. The first kappa shape index (κ1) is 13.2. The minimum Gasteiger partial charge on any atom is -0.481 e. The van der Waals surface area contributed by atoms with Crippen molar-refractivity contribution in [2.75, 3.05) is 6.54 Å². The summed E-state index contributed by atoms with van der Waals surface area (Å²) >= 11 is 0. The van der Waals surface area contributed by atoms with Gasteiger partial charge in [0, 0.05) is 13.1 Å². The number of carboxylic acid groups (broad SMARTS) is 1. The summed E-state index contributed by atoms with van der Waals surface area (Å²) in [4.78, 5) is 25.6. The summed E-state index contributed by atoms with van der Waals surface area (Å²) in [5, 5.41) is 9.19. The summed E-state index contributed by atoms with van der Waals surface area (Å²) in [6.07, 6.45) is 0.854. The molecule has 0 spiro atoms. The minimum atomic E-state index is -0.856. The third-order valence-electron chi connectivity index (χ3n) is 4.80. The first-order chi connectivity index (χ1) is 9.43. The zero-order valence-electron chi connectivity index (χ0n) is 11.8. The topological polar surface area (TPSA) is 57.6 Å². The van der Waals surface area contributed by atoms with Crippen LogP contribution in [0.1, 0.15) is 25.0 Å². The summed E-state index contributed by atoms with van der Waals surface area (Å²) in [6.45, 7) is 5.03. The van der Waals surface area contributed by atoms with Gasteiger partial charge in [-0.25, -0.2) is 0 Å². The molecule has 1 N–H and O–H groups in total. The maximum Gasteiger partial charge on any atom is 0.307 e. The van der Waals surface area contributed by atoms with E-state index in [0.29, 0.717) is 13.1 Å². The van der Waals surface area contributed by atoms with Gasteiger partial charge in [0.1, 0.15) is 0 Å². The van der Waals surface area contributed by atoms with Crippen molar-refractivity contribution in [2.45, 2.75) is 26.8 Å². The Morgan fingerprint density at radius 2 is 1.85 bits per heavy atom. The van der Waals surface area contributed by atoms with E-state index in [1.165, 1.54) is 11.1 Å². The molecule has 1 fully saturated rings. The largest absolute Gasteiger partial charge is 0.481 e. The fourth-order valence-corrected chi connectivity index (χ4v) is 3.44. The number of fused-ring (bicyclic) bond motifs is 1. The lowest BCUT2D eigenvalue weighted by atomic mass is 9.99. The van der Waals surface area contributed by atoms with E-state index in [2.05, 4.69) is 6.07 Å². The van der Waals surface area contributed by atoms with Crippen LogP contribution in [0.15, 0.2) is 24.3 Å². The van der Waals surface area contributed by atoms with Crippen LogP contribution in [0.25, 0.3) is 0 Å². The van der Waals surface area contributed by atoms with Crippen molar-refractivity contribution in [1.82, 2.24) is 4.90 Å². The third-order valence-corrected chi connectivity index (χ3v) is 4.80. The number of amides is 1. The SMILES string of the molecule is CC1(C)[C@H](C(=O)N2CCc3ccccc3C2)[C@@H]1C(=O)O. The maximum absolute atomic E-state index is 12.6. The molecule has 3 rings (SSSR count). The highest BCUT2D eigenvalue weighted by molar-refractivity contribution is 5.91. The molecular weight excluding hydrogens is 254 g/mol. The van der Waals surface area contributed by atoms with Crippen molar-refractivity contribution in [3.63, 3.8) is 0 Å². The molecule has 106 valence electrons. The zero-order chi connectivity index (χ0) is 14.5. The van der Waals surface area contributed by atoms with Crippen molar-refractivity contribution in [3.05, 3.63) is 35.4 Å². The van der Waals surface area contributed by atoms with Crippen molar-refractivity contribution >= 4 is 11.9 Å². The lowest BCUT2D eigenvalue weighted by molar-refractivity contribution is -0.142. The molecule has 1 aromatic carbocycles. The Hall–Kier alpha value is -1.84. The maximum atomic E-state index is 12.6. The summed E-state index contributed by atoms with van der Waals surface area (Å²) in [5.74, 6) is -1.76. The number of carbonyl (C=O) groups is 2. The molecule has 2 atom stereocenters. The van der Waals surface area contributed by atoms with Crippen LogP contribution in [0.3, 0.4) is 0 Å². The second kappa shape index (κ2) is 4.33. The van der Waals surface area contributed by atoms with Crippen LogP contribution < -0.4 is 0 Å². The molecule has 1 aliphatic heterocycles. The van der Waals surface area contributed by atoms with Crippen molar-refractivity contribution in [1.29, 1.82) is 0 Å². The predicted octanol–water partition coefficient (Wildman–Crippen LogP) is 1.93. The van der Waals surface area contributed by atoms with E-state index in [1.807, 2.05) is 36.9 Å². The molecule has 1 saturated carbocycles. The Bertz CT molecular complexity index is 579. The van der Waals surface area contributed by atoms with Gasteiger partial charge in [-0.15, -0.1) is 0 Å². The highest BCUT2D eigenvalue weighted by atomic mass is 16.4. The van der Waals surface area contributed by atoms with E-state index < -0.39 is 17.3 Å². The Balaban J connectivity index is 1.76. The molecule has 0 radical (unpaired) electrons. The van der Waals surface area contributed by atoms with Gasteiger partial charge in [-0.1, -0.05) is 38.1 Å². The van der Waals surface area contributed by atoms with Gasteiger partial charge >= 0.3 is 5.97 Å². The standard InChI is InChI=1S/C16H19NO3/c1-16(2)12(13(16)15(19)20)14(18)17-8-7-10-5-3-4-6-11(10)9-17/h3-6,12-13H,7-9H2,1-2H3,(H,19,20)/t12-,13+/m0/s1. The van der Waals surface area contributed by atoms with Crippen LogP contribution in [0, 0.1) is 17.3 Å². The summed E-state index contributed by atoms with van der Waals surface area (Å²) < 4.78 is 0. The molecular formula is C16H19NO3. The van der Waals surface area contributed by atoms with Crippen LogP contribution >= 0.6 is 0 Å². The van der Waals surface area contributed by atoms with Crippen LogP contribution in [0.2, 0.25) is 0 Å². The molecule has 1 aromatic rings. The van der Waals surface area contributed by atoms with Gasteiger partial charge in [-0.05, 0) is 23.0 Å². The normalized spacial score (nSPS) is 26.8. The Kier molecular flexibility index (Phi) is 2.85. The first-order valence-corrected chi connectivity index (χ1v) is 7.01. The summed E-state index contributed by atoms with van der Waals surface area (Å²) in [7, 11) is 0. The van der Waals surface area contributed by atoms with Gasteiger partial charge < -0.3 is 10.0 Å². The fourth-order valence-electron chi connectivity index (χ4n) is 3.44. The van der Waals surface area contributed by atoms with E-state index >= 15 is 0 Å². The van der Waals surface area contributed by atoms with Crippen LogP contribution in [0.5, 0.6) is 0 Å². The third kappa shape index (κ3) is 1.90. The van der Waals surface area contributed by atoms with Gasteiger partial charge in [0.05, 0.1) is 11.8 Å². The number of benzene rings is 1. The van der Waals surface area contributed by atoms with E-state index in [9.17, 15) is 14.7 Å². The van der Waals surface area contributed by atoms with Gasteiger partial charge in [0.2, 0.25) is 5.91 Å². The monoisotopic (exact) mass is 273 g/mol. The predicted molar refractivity (Wildman–Crippen MR) is 74.0 cm³/mol. The van der Waals surface area contributed by atoms with E-state index in [1.54, 1.807) is 0 Å². The average molecular weight is 273 g/mol. The van der Waals surface area contributed by atoms with Crippen molar-refractivity contribution in [3.8, 4) is 0 Å².